The van der Waals surface area contributed by atoms with Crippen molar-refractivity contribution < 1.29 is 4.79 Å². The van der Waals surface area contributed by atoms with Gasteiger partial charge in [-0.3, -0.25) is 4.90 Å². The molecular weight excluding hydrogens is 364 g/mol. The number of urea groups is 1. The zero-order valence-electron chi connectivity index (χ0n) is 17.5. The quantitative estimate of drug-likeness (QED) is 0.671. The smallest absolute Gasteiger partial charge is 0.319 e. The van der Waals surface area contributed by atoms with Crippen LogP contribution in [0.5, 0.6) is 0 Å². The van der Waals surface area contributed by atoms with E-state index >= 15 is 0 Å². The predicted octanol–water partition coefficient (Wildman–Crippen LogP) is 2.48. The van der Waals surface area contributed by atoms with Crippen LogP contribution in [-0.4, -0.2) is 74.2 Å². The van der Waals surface area contributed by atoms with Crippen molar-refractivity contribution >= 4 is 17.5 Å². The summed E-state index contributed by atoms with van der Waals surface area (Å²) in [4.78, 5) is 23.2. The van der Waals surface area contributed by atoms with Crippen LogP contribution in [0.4, 0.5) is 16.3 Å². The van der Waals surface area contributed by atoms with Crippen LogP contribution in [0.15, 0.2) is 48.7 Å². The molecule has 1 aliphatic rings. The second-order valence-corrected chi connectivity index (χ2v) is 7.64. The third-order valence-electron chi connectivity index (χ3n) is 5.11. The monoisotopic (exact) mass is 396 g/mol. The van der Waals surface area contributed by atoms with Gasteiger partial charge in [0.25, 0.3) is 0 Å². The third-order valence-corrected chi connectivity index (χ3v) is 5.11. The van der Waals surface area contributed by atoms with Crippen molar-refractivity contribution in [1.29, 1.82) is 0 Å². The minimum atomic E-state index is -0.183. The van der Waals surface area contributed by atoms with E-state index in [-0.39, 0.29) is 6.03 Å². The Morgan fingerprint density at radius 3 is 2.41 bits per heavy atom. The van der Waals surface area contributed by atoms with Gasteiger partial charge < -0.3 is 20.4 Å². The van der Waals surface area contributed by atoms with Crippen molar-refractivity contribution in [2.75, 3.05) is 63.6 Å². The number of hydrogen-bond donors (Lipinski definition) is 2. The normalized spacial score (nSPS) is 15.1. The van der Waals surface area contributed by atoms with Crippen molar-refractivity contribution in [1.82, 2.24) is 20.1 Å². The molecular formula is C22H32N6O. The van der Waals surface area contributed by atoms with E-state index in [1.54, 1.807) is 6.20 Å². The van der Waals surface area contributed by atoms with Gasteiger partial charge in [0, 0.05) is 53.4 Å². The summed E-state index contributed by atoms with van der Waals surface area (Å²) in [5.41, 5.74) is 2.07. The summed E-state index contributed by atoms with van der Waals surface area (Å²) in [5.74, 6) is 0.861. The van der Waals surface area contributed by atoms with Crippen LogP contribution in [0.1, 0.15) is 12.0 Å². The first-order valence-electron chi connectivity index (χ1n) is 10.3. The van der Waals surface area contributed by atoms with Gasteiger partial charge in [-0.25, -0.2) is 9.78 Å². The molecule has 0 aliphatic carbocycles. The lowest BCUT2D eigenvalue weighted by atomic mass is 10.2. The summed E-state index contributed by atoms with van der Waals surface area (Å²) in [6, 6.07) is 14.2. The van der Waals surface area contributed by atoms with Crippen LogP contribution in [0, 0.1) is 0 Å². The zero-order chi connectivity index (χ0) is 20.5. The lowest BCUT2D eigenvalue weighted by Crippen LogP contribution is -2.46. The number of hydrogen-bond acceptors (Lipinski definition) is 5. The minimum absolute atomic E-state index is 0.183. The first-order valence-corrected chi connectivity index (χ1v) is 10.3. The topological polar surface area (TPSA) is 63.7 Å². The second-order valence-electron chi connectivity index (χ2n) is 7.64. The molecule has 1 aromatic heterocycles. The van der Waals surface area contributed by atoms with Crippen molar-refractivity contribution in [2.24, 2.45) is 0 Å². The van der Waals surface area contributed by atoms with Crippen LogP contribution >= 0.6 is 0 Å². The van der Waals surface area contributed by atoms with E-state index in [0.717, 1.165) is 51.5 Å². The van der Waals surface area contributed by atoms with E-state index in [1.165, 1.54) is 5.56 Å². The highest BCUT2D eigenvalue weighted by Gasteiger charge is 2.16. The fourth-order valence-electron chi connectivity index (χ4n) is 3.42. The molecule has 1 aliphatic heterocycles. The SMILES string of the molecule is CN(C)c1ccc(NC(=O)NCCCN2CCN(Cc3ccccc3)CC2)cn1. The van der Waals surface area contributed by atoms with Gasteiger partial charge in [-0.1, -0.05) is 30.3 Å². The average molecular weight is 397 g/mol. The number of rotatable bonds is 8. The molecule has 2 N–H and O–H groups in total. The van der Waals surface area contributed by atoms with Gasteiger partial charge in [0.05, 0.1) is 11.9 Å². The highest BCUT2D eigenvalue weighted by molar-refractivity contribution is 5.89. The molecule has 1 aromatic carbocycles. The van der Waals surface area contributed by atoms with Crippen LogP contribution < -0.4 is 15.5 Å². The molecule has 7 heteroatoms. The van der Waals surface area contributed by atoms with Gasteiger partial charge in [0.2, 0.25) is 0 Å². The number of carbonyl (C=O) groups is 1. The van der Waals surface area contributed by atoms with E-state index in [4.69, 9.17) is 0 Å². The molecule has 0 spiro atoms. The number of nitrogens with zero attached hydrogens (tertiary/aromatic N) is 4. The van der Waals surface area contributed by atoms with Crippen LogP contribution in [0.2, 0.25) is 0 Å². The zero-order valence-corrected chi connectivity index (χ0v) is 17.5. The van der Waals surface area contributed by atoms with E-state index in [9.17, 15) is 4.79 Å². The summed E-state index contributed by atoms with van der Waals surface area (Å²) in [5, 5.41) is 5.75. The molecule has 0 saturated carbocycles. The van der Waals surface area contributed by atoms with Gasteiger partial charge in [0.15, 0.2) is 0 Å². The first-order chi connectivity index (χ1) is 14.1. The number of piperazine rings is 1. The summed E-state index contributed by atoms with van der Waals surface area (Å²) in [7, 11) is 3.87. The standard InChI is InChI=1S/C22H32N6O/c1-26(2)21-10-9-20(17-24-21)25-22(29)23-11-6-12-27-13-15-28(16-14-27)18-19-7-4-3-5-8-19/h3-5,7-10,17H,6,11-16,18H2,1-2H3,(H2,23,25,29). The van der Waals surface area contributed by atoms with Crippen LogP contribution in [0.25, 0.3) is 0 Å². The van der Waals surface area contributed by atoms with Crippen molar-refractivity contribution in [2.45, 2.75) is 13.0 Å². The highest BCUT2D eigenvalue weighted by Crippen LogP contribution is 2.11. The number of benzene rings is 1. The van der Waals surface area contributed by atoms with Crippen molar-refractivity contribution in [3.8, 4) is 0 Å². The Labute approximate surface area is 173 Å². The molecule has 7 nitrogen and oxygen atoms in total. The van der Waals surface area contributed by atoms with Crippen LogP contribution in [0.3, 0.4) is 0 Å². The van der Waals surface area contributed by atoms with Gasteiger partial charge in [-0.05, 0) is 30.7 Å². The lowest BCUT2D eigenvalue weighted by Gasteiger charge is -2.34. The molecule has 2 amide bonds. The maximum atomic E-state index is 12.0. The predicted molar refractivity (Wildman–Crippen MR) is 118 cm³/mol. The first kappa shape index (κ1) is 21.1. The molecule has 0 unspecified atom stereocenters. The maximum absolute atomic E-state index is 12.0. The van der Waals surface area contributed by atoms with E-state index in [2.05, 4.69) is 55.7 Å². The van der Waals surface area contributed by atoms with E-state index < -0.39 is 0 Å². The summed E-state index contributed by atoms with van der Waals surface area (Å²) in [6.07, 6.45) is 2.62. The Hall–Kier alpha value is -2.64. The Kier molecular flexibility index (Phi) is 7.84. The fraction of sp³-hybridized carbons (Fsp3) is 0.455. The molecule has 0 atom stereocenters. The summed E-state index contributed by atoms with van der Waals surface area (Å²) >= 11 is 0. The number of amides is 2. The third kappa shape index (κ3) is 7.03. The van der Waals surface area contributed by atoms with E-state index in [1.807, 2.05) is 31.1 Å². The molecule has 1 fully saturated rings. The number of pyridine rings is 1. The summed E-state index contributed by atoms with van der Waals surface area (Å²) in [6.45, 7) is 7.07. The number of anilines is 2. The molecule has 3 rings (SSSR count). The Morgan fingerprint density at radius 2 is 1.76 bits per heavy atom. The van der Waals surface area contributed by atoms with Crippen molar-refractivity contribution in [3.05, 3.63) is 54.2 Å². The molecule has 29 heavy (non-hydrogen) atoms. The molecule has 0 radical (unpaired) electrons. The largest absolute Gasteiger partial charge is 0.363 e. The second kappa shape index (κ2) is 10.8. The molecule has 156 valence electrons. The molecule has 0 bridgehead atoms. The van der Waals surface area contributed by atoms with E-state index in [0.29, 0.717) is 12.2 Å². The lowest BCUT2D eigenvalue weighted by molar-refractivity contribution is 0.126. The van der Waals surface area contributed by atoms with Crippen LogP contribution in [-0.2, 0) is 6.54 Å². The number of aromatic nitrogens is 1. The Balaban J connectivity index is 1.27. The van der Waals surface area contributed by atoms with Gasteiger partial charge in [0.1, 0.15) is 5.82 Å². The number of nitrogens with one attached hydrogen (secondary N) is 2. The average Bonchev–Trinajstić information content (AvgIpc) is 2.73. The summed E-state index contributed by atoms with van der Waals surface area (Å²) < 4.78 is 0. The van der Waals surface area contributed by atoms with Crippen molar-refractivity contribution in [3.63, 3.8) is 0 Å². The Bertz CT molecular complexity index is 742. The number of carbonyl (C=O) groups excluding carboxylic acids is 1. The highest BCUT2D eigenvalue weighted by atomic mass is 16.2. The molecule has 1 saturated heterocycles. The maximum Gasteiger partial charge on any atom is 0.319 e. The van der Waals surface area contributed by atoms with Gasteiger partial charge in [-0.15, -0.1) is 0 Å². The molecule has 2 aromatic rings. The van der Waals surface area contributed by atoms with Gasteiger partial charge >= 0.3 is 6.03 Å². The Morgan fingerprint density at radius 1 is 1.03 bits per heavy atom. The van der Waals surface area contributed by atoms with Gasteiger partial charge in [-0.2, -0.15) is 0 Å². The fourth-order valence-corrected chi connectivity index (χ4v) is 3.42. The molecule has 2 heterocycles. The minimum Gasteiger partial charge on any atom is -0.363 e.